The molecule has 0 aliphatic carbocycles. The van der Waals surface area contributed by atoms with E-state index in [0.29, 0.717) is 55.5 Å². The molecule has 2 aromatic rings. The molecular formula is C24H31NO6. The minimum Gasteiger partial charge on any atom is -0.490 e. The Labute approximate surface area is 182 Å². The normalized spacial score (nSPS) is 14.2. The molecule has 0 atom stereocenters. The second kappa shape index (κ2) is 10.6. The number of aliphatic hydroxyl groups is 2. The summed E-state index contributed by atoms with van der Waals surface area (Å²) in [4.78, 5) is 14.5. The molecule has 31 heavy (non-hydrogen) atoms. The number of amides is 1. The van der Waals surface area contributed by atoms with E-state index in [1.165, 1.54) is 0 Å². The van der Waals surface area contributed by atoms with E-state index in [-0.39, 0.29) is 25.5 Å². The summed E-state index contributed by atoms with van der Waals surface area (Å²) in [6.45, 7) is 5.85. The Bertz CT molecular complexity index is 968. The third-order valence-electron chi connectivity index (χ3n) is 5.47. The van der Waals surface area contributed by atoms with Crippen molar-refractivity contribution in [3.63, 3.8) is 0 Å². The number of nitrogens with zero attached hydrogens (tertiary/aromatic N) is 1. The van der Waals surface area contributed by atoms with E-state index in [4.69, 9.17) is 14.2 Å². The van der Waals surface area contributed by atoms with Gasteiger partial charge in [0.25, 0.3) is 0 Å². The van der Waals surface area contributed by atoms with Crippen molar-refractivity contribution in [2.75, 3.05) is 40.0 Å². The van der Waals surface area contributed by atoms with E-state index in [1.54, 1.807) is 12.0 Å². The Balaban J connectivity index is 2.19. The third-order valence-corrected chi connectivity index (χ3v) is 5.47. The molecule has 1 aliphatic rings. The third kappa shape index (κ3) is 4.84. The smallest absolute Gasteiger partial charge is 0.227 e. The predicted molar refractivity (Wildman–Crippen MR) is 119 cm³/mol. The van der Waals surface area contributed by atoms with Gasteiger partial charge in [0.15, 0.2) is 11.5 Å². The summed E-state index contributed by atoms with van der Waals surface area (Å²) < 4.78 is 16.7. The lowest BCUT2D eigenvalue weighted by molar-refractivity contribution is -0.130. The summed E-state index contributed by atoms with van der Waals surface area (Å²) in [5, 5.41) is 21.8. The van der Waals surface area contributed by atoms with Crippen LogP contribution in [0.25, 0.3) is 16.3 Å². The van der Waals surface area contributed by atoms with Gasteiger partial charge in [0.05, 0.1) is 39.5 Å². The highest BCUT2D eigenvalue weighted by Crippen LogP contribution is 2.40. The summed E-state index contributed by atoms with van der Waals surface area (Å²) in [5.74, 6) is 1.25. The lowest BCUT2D eigenvalue weighted by atomic mass is 9.87. The monoisotopic (exact) mass is 429 g/mol. The lowest BCUT2D eigenvalue weighted by Gasteiger charge is -2.28. The van der Waals surface area contributed by atoms with Crippen LogP contribution in [-0.4, -0.2) is 61.0 Å². The zero-order chi connectivity index (χ0) is 22.4. The number of carbonyl (C=O) groups excluding carboxylic acids is 1. The van der Waals surface area contributed by atoms with Gasteiger partial charge >= 0.3 is 0 Å². The highest BCUT2D eigenvalue weighted by atomic mass is 16.5. The van der Waals surface area contributed by atoms with Gasteiger partial charge in [-0.3, -0.25) is 4.79 Å². The Kier molecular flexibility index (Phi) is 7.90. The van der Waals surface area contributed by atoms with Gasteiger partial charge in [0.1, 0.15) is 0 Å². The van der Waals surface area contributed by atoms with Crippen molar-refractivity contribution < 1.29 is 29.2 Å². The lowest BCUT2D eigenvalue weighted by Crippen LogP contribution is -2.36. The molecule has 2 aromatic carbocycles. The van der Waals surface area contributed by atoms with Crippen LogP contribution in [0.15, 0.2) is 24.3 Å². The first-order chi connectivity index (χ1) is 15.1. The summed E-state index contributed by atoms with van der Waals surface area (Å²) in [6, 6.07) is 5.66. The number of carbonyl (C=O) groups is 1. The molecule has 0 saturated carbocycles. The van der Waals surface area contributed by atoms with Gasteiger partial charge in [-0.25, -0.2) is 0 Å². The van der Waals surface area contributed by atoms with Gasteiger partial charge in [-0.1, -0.05) is 6.08 Å². The minimum atomic E-state index is -0.239. The number of methoxy groups -OCH3 is 1. The largest absolute Gasteiger partial charge is 0.490 e. The fourth-order valence-electron chi connectivity index (χ4n) is 4.01. The van der Waals surface area contributed by atoms with Gasteiger partial charge < -0.3 is 29.3 Å². The Morgan fingerprint density at radius 2 is 1.74 bits per heavy atom. The zero-order valence-electron chi connectivity index (χ0n) is 18.4. The van der Waals surface area contributed by atoms with Crippen LogP contribution >= 0.6 is 0 Å². The van der Waals surface area contributed by atoms with Gasteiger partial charge in [-0.15, -0.1) is 0 Å². The molecule has 7 nitrogen and oxygen atoms in total. The van der Waals surface area contributed by atoms with E-state index >= 15 is 0 Å². The summed E-state index contributed by atoms with van der Waals surface area (Å²) in [7, 11) is 1.61. The summed E-state index contributed by atoms with van der Waals surface area (Å²) >= 11 is 0. The number of ether oxygens (including phenoxy) is 3. The van der Waals surface area contributed by atoms with Crippen LogP contribution in [0.3, 0.4) is 0 Å². The SMILES string of the molecule is CCOc1cc2cc(CO)c(CO)c(C3=CCN(CCOC)C(=O)C3)c2cc1OCC. The molecule has 3 rings (SSSR count). The van der Waals surface area contributed by atoms with Crippen molar-refractivity contribution >= 4 is 22.3 Å². The van der Waals surface area contributed by atoms with Crippen molar-refractivity contribution in [1.82, 2.24) is 4.90 Å². The maximum Gasteiger partial charge on any atom is 0.227 e. The molecule has 0 aromatic heterocycles. The topological polar surface area (TPSA) is 88.5 Å². The highest BCUT2D eigenvalue weighted by molar-refractivity contribution is 6.02. The number of aliphatic hydroxyl groups excluding tert-OH is 2. The molecule has 168 valence electrons. The molecule has 7 heteroatoms. The molecular weight excluding hydrogens is 398 g/mol. The highest BCUT2D eigenvalue weighted by Gasteiger charge is 2.25. The van der Waals surface area contributed by atoms with Crippen LogP contribution in [0.1, 0.15) is 37.0 Å². The van der Waals surface area contributed by atoms with E-state index in [1.807, 2.05) is 38.1 Å². The number of benzene rings is 2. The van der Waals surface area contributed by atoms with Gasteiger partial charge in [-0.05, 0) is 65.1 Å². The average molecular weight is 430 g/mol. The van der Waals surface area contributed by atoms with Crippen molar-refractivity contribution in [3.05, 3.63) is 41.0 Å². The maximum atomic E-state index is 12.8. The number of rotatable bonds is 10. The predicted octanol–water partition coefficient (Wildman–Crippen LogP) is 2.88. The average Bonchev–Trinajstić information content (AvgIpc) is 2.77. The molecule has 2 N–H and O–H groups in total. The van der Waals surface area contributed by atoms with E-state index in [9.17, 15) is 15.0 Å². The first-order valence-electron chi connectivity index (χ1n) is 10.6. The van der Waals surface area contributed by atoms with Crippen molar-refractivity contribution in [2.45, 2.75) is 33.5 Å². The van der Waals surface area contributed by atoms with Crippen LogP contribution in [0, 0.1) is 0 Å². The first-order valence-corrected chi connectivity index (χ1v) is 10.6. The molecule has 0 saturated heterocycles. The quantitative estimate of drug-likeness (QED) is 0.604. The molecule has 0 fully saturated rings. The standard InChI is InChI=1S/C24H31NO6/c1-4-30-21-11-17-10-18(14-26)20(15-27)24(19(17)13-22(21)31-5-2)16-6-7-25(8-9-29-3)23(28)12-16/h6,10-11,13,26-27H,4-5,7-9,12,14-15H2,1-3H3. The van der Waals surface area contributed by atoms with Crippen molar-refractivity contribution in [3.8, 4) is 11.5 Å². The molecule has 0 unspecified atom stereocenters. The van der Waals surface area contributed by atoms with Crippen LogP contribution in [-0.2, 0) is 22.7 Å². The Morgan fingerprint density at radius 1 is 1.03 bits per heavy atom. The van der Waals surface area contributed by atoms with Crippen LogP contribution < -0.4 is 9.47 Å². The molecule has 1 amide bonds. The number of fused-ring (bicyclic) bond motifs is 1. The van der Waals surface area contributed by atoms with Gasteiger partial charge in [-0.2, -0.15) is 0 Å². The molecule has 0 spiro atoms. The first kappa shape index (κ1) is 23.1. The minimum absolute atomic E-state index is 0.0111. The maximum absolute atomic E-state index is 12.8. The fourth-order valence-corrected chi connectivity index (χ4v) is 4.01. The molecule has 0 bridgehead atoms. The second-order valence-electron chi connectivity index (χ2n) is 7.33. The van der Waals surface area contributed by atoms with Crippen molar-refractivity contribution in [2.24, 2.45) is 0 Å². The molecule has 1 heterocycles. The van der Waals surface area contributed by atoms with E-state index in [2.05, 4.69) is 0 Å². The van der Waals surface area contributed by atoms with E-state index < -0.39 is 0 Å². The fraction of sp³-hybridized carbons (Fsp3) is 0.458. The van der Waals surface area contributed by atoms with Gasteiger partial charge in [0, 0.05) is 20.2 Å². The number of hydrogen-bond donors (Lipinski definition) is 2. The second-order valence-corrected chi connectivity index (χ2v) is 7.33. The van der Waals surface area contributed by atoms with Crippen LogP contribution in [0.2, 0.25) is 0 Å². The summed E-state index contributed by atoms with van der Waals surface area (Å²) in [5.41, 5.74) is 2.89. The Morgan fingerprint density at radius 3 is 2.32 bits per heavy atom. The Hall–Kier alpha value is -2.61. The zero-order valence-corrected chi connectivity index (χ0v) is 18.4. The summed E-state index contributed by atoms with van der Waals surface area (Å²) in [6.07, 6.45) is 2.24. The van der Waals surface area contributed by atoms with Gasteiger partial charge in [0.2, 0.25) is 5.91 Å². The number of hydrogen-bond acceptors (Lipinski definition) is 6. The van der Waals surface area contributed by atoms with Crippen LogP contribution in [0.5, 0.6) is 11.5 Å². The molecule has 0 radical (unpaired) electrons. The van der Waals surface area contributed by atoms with Crippen molar-refractivity contribution in [1.29, 1.82) is 0 Å². The van der Waals surface area contributed by atoms with E-state index in [0.717, 1.165) is 21.9 Å². The molecule has 1 aliphatic heterocycles. The van der Waals surface area contributed by atoms with Crippen LogP contribution in [0.4, 0.5) is 0 Å².